The van der Waals surface area contributed by atoms with Crippen molar-refractivity contribution in [2.45, 2.75) is 45.6 Å². The van der Waals surface area contributed by atoms with E-state index >= 15 is 0 Å². The molecule has 0 bridgehead atoms. The van der Waals surface area contributed by atoms with Crippen molar-refractivity contribution in [3.63, 3.8) is 0 Å². The van der Waals surface area contributed by atoms with Crippen LogP contribution in [-0.2, 0) is 14.4 Å². The first kappa shape index (κ1) is 16.3. The smallest absolute Gasteiger partial charge is 0.228 e. The van der Waals surface area contributed by atoms with Gasteiger partial charge in [0.15, 0.2) is 0 Å². The number of carbonyl (C=O) groups is 3. The molecule has 0 spiro atoms. The molecule has 0 aromatic rings. The third-order valence-electron chi connectivity index (χ3n) is 5.02. The summed E-state index contributed by atoms with van der Waals surface area (Å²) >= 11 is 0. The van der Waals surface area contributed by atoms with Crippen LogP contribution in [0.15, 0.2) is 0 Å². The van der Waals surface area contributed by atoms with Crippen LogP contribution < -0.4 is 0 Å². The molecule has 23 heavy (non-hydrogen) atoms. The number of nitrogens with zero attached hydrogens (tertiary/aromatic N) is 3. The van der Waals surface area contributed by atoms with E-state index in [1.54, 1.807) is 0 Å². The number of hydrogen-bond donors (Lipinski definition) is 0. The molecule has 0 N–H and O–H groups in total. The van der Waals surface area contributed by atoms with E-state index in [2.05, 4.69) is 0 Å². The molecule has 1 atom stereocenters. The molecule has 3 aliphatic rings. The van der Waals surface area contributed by atoms with Crippen LogP contribution in [0, 0.1) is 11.8 Å². The highest BCUT2D eigenvalue weighted by molar-refractivity contribution is 5.89. The number of rotatable bonds is 4. The lowest BCUT2D eigenvalue weighted by atomic mass is 10.1. The van der Waals surface area contributed by atoms with Crippen molar-refractivity contribution in [2.75, 3.05) is 32.7 Å². The average molecular weight is 321 g/mol. The Morgan fingerprint density at radius 3 is 2.26 bits per heavy atom. The molecule has 6 nitrogen and oxygen atoms in total. The molecule has 1 aliphatic carbocycles. The standard InChI is InChI=1S/C17H27N3O3/c1-12(2)9-15(21)18-5-7-19(8-6-18)17(23)13-10-16(22)20(11-13)14-3-4-14/h12-14H,3-11H2,1-2H3. The summed E-state index contributed by atoms with van der Waals surface area (Å²) in [7, 11) is 0. The molecule has 3 fully saturated rings. The minimum atomic E-state index is -0.180. The predicted molar refractivity (Wildman–Crippen MR) is 85.5 cm³/mol. The van der Waals surface area contributed by atoms with Gasteiger partial charge in [-0.3, -0.25) is 14.4 Å². The van der Waals surface area contributed by atoms with Gasteiger partial charge in [0.05, 0.1) is 5.92 Å². The molecule has 2 heterocycles. The molecule has 3 rings (SSSR count). The molecule has 6 heteroatoms. The van der Waals surface area contributed by atoms with Gasteiger partial charge < -0.3 is 14.7 Å². The Hall–Kier alpha value is -1.59. The molecule has 0 aromatic carbocycles. The van der Waals surface area contributed by atoms with Crippen molar-refractivity contribution in [1.82, 2.24) is 14.7 Å². The minimum Gasteiger partial charge on any atom is -0.339 e. The first-order valence-corrected chi connectivity index (χ1v) is 8.81. The van der Waals surface area contributed by atoms with Crippen LogP contribution in [0.2, 0.25) is 0 Å². The van der Waals surface area contributed by atoms with Gasteiger partial charge in [-0.2, -0.15) is 0 Å². The zero-order chi connectivity index (χ0) is 16.6. The van der Waals surface area contributed by atoms with Crippen molar-refractivity contribution >= 4 is 17.7 Å². The molecule has 2 aliphatic heterocycles. The van der Waals surface area contributed by atoms with E-state index in [9.17, 15) is 14.4 Å². The SMILES string of the molecule is CC(C)CC(=O)N1CCN(C(=O)C2CC(=O)N(C3CC3)C2)CC1. The quantitative estimate of drug-likeness (QED) is 0.766. The molecular weight excluding hydrogens is 294 g/mol. The van der Waals surface area contributed by atoms with Crippen LogP contribution in [0.4, 0.5) is 0 Å². The summed E-state index contributed by atoms with van der Waals surface area (Å²) in [6.07, 6.45) is 3.11. The number of piperazine rings is 1. The van der Waals surface area contributed by atoms with Gasteiger partial charge in [-0.05, 0) is 18.8 Å². The number of hydrogen-bond acceptors (Lipinski definition) is 3. The number of amides is 3. The molecule has 0 radical (unpaired) electrons. The van der Waals surface area contributed by atoms with Crippen molar-refractivity contribution < 1.29 is 14.4 Å². The highest BCUT2D eigenvalue weighted by atomic mass is 16.2. The maximum absolute atomic E-state index is 12.6. The second-order valence-corrected chi connectivity index (χ2v) is 7.48. The number of likely N-dealkylation sites (tertiary alicyclic amines) is 1. The molecule has 1 unspecified atom stereocenters. The summed E-state index contributed by atoms with van der Waals surface area (Å²) in [4.78, 5) is 42.3. The maximum Gasteiger partial charge on any atom is 0.228 e. The fraction of sp³-hybridized carbons (Fsp3) is 0.824. The number of carbonyl (C=O) groups excluding carboxylic acids is 3. The Labute approximate surface area is 137 Å². The fourth-order valence-electron chi connectivity index (χ4n) is 3.55. The van der Waals surface area contributed by atoms with E-state index in [0.717, 1.165) is 12.8 Å². The van der Waals surface area contributed by atoms with E-state index in [-0.39, 0.29) is 23.6 Å². The minimum absolute atomic E-state index is 0.0949. The Balaban J connectivity index is 1.49. The fourth-order valence-corrected chi connectivity index (χ4v) is 3.55. The summed E-state index contributed by atoms with van der Waals surface area (Å²) in [5.41, 5.74) is 0. The van der Waals surface area contributed by atoms with Gasteiger partial charge in [0.2, 0.25) is 17.7 Å². The van der Waals surface area contributed by atoms with Gasteiger partial charge in [0.1, 0.15) is 0 Å². The largest absolute Gasteiger partial charge is 0.339 e. The lowest BCUT2D eigenvalue weighted by Crippen LogP contribution is -2.52. The lowest BCUT2D eigenvalue weighted by Gasteiger charge is -2.36. The summed E-state index contributed by atoms with van der Waals surface area (Å²) in [5, 5.41) is 0. The van der Waals surface area contributed by atoms with Crippen molar-refractivity contribution in [2.24, 2.45) is 11.8 Å². The third kappa shape index (κ3) is 3.67. The van der Waals surface area contributed by atoms with Crippen LogP contribution in [0.1, 0.15) is 39.5 Å². The molecular formula is C17H27N3O3. The average Bonchev–Trinajstić information content (AvgIpc) is 3.28. The first-order valence-electron chi connectivity index (χ1n) is 8.81. The molecule has 128 valence electrons. The van der Waals surface area contributed by atoms with Crippen molar-refractivity contribution in [3.05, 3.63) is 0 Å². The van der Waals surface area contributed by atoms with Crippen molar-refractivity contribution in [3.8, 4) is 0 Å². The lowest BCUT2D eigenvalue weighted by molar-refractivity contribution is -0.142. The summed E-state index contributed by atoms with van der Waals surface area (Å²) in [5.74, 6) is 0.596. The summed E-state index contributed by atoms with van der Waals surface area (Å²) in [6.45, 7) is 7.10. The third-order valence-corrected chi connectivity index (χ3v) is 5.02. The monoisotopic (exact) mass is 321 g/mol. The highest BCUT2D eigenvalue weighted by Gasteiger charge is 2.43. The second-order valence-electron chi connectivity index (χ2n) is 7.48. The van der Waals surface area contributed by atoms with Gasteiger partial charge in [0.25, 0.3) is 0 Å². The highest BCUT2D eigenvalue weighted by Crippen LogP contribution is 2.33. The topological polar surface area (TPSA) is 60.9 Å². The summed E-state index contributed by atoms with van der Waals surface area (Å²) in [6, 6.07) is 0.394. The van der Waals surface area contributed by atoms with Crippen LogP contribution in [0.5, 0.6) is 0 Å². The van der Waals surface area contributed by atoms with Crippen molar-refractivity contribution in [1.29, 1.82) is 0 Å². The normalized spacial score (nSPS) is 25.4. The Kier molecular flexibility index (Phi) is 4.60. The molecule has 1 saturated carbocycles. The van der Waals surface area contributed by atoms with E-state index in [0.29, 0.717) is 57.5 Å². The first-order chi connectivity index (χ1) is 11.0. The van der Waals surface area contributed by atoms with E-state index in [1.807, 2.05) is 28.5 Å². The Bertz CT molecular complexity index is 493. The van der Waals surface area contributed by atoms with Crippen LogP contribution in [0.25, 0.3) is 0 Å². The molecule has 2 saturated heterocycles. The summed E-state index contributed by atoms with van der Waals surface area (Å²) < 4.78 is 0. The van der Waals surface area contributed by atoms with Gasteiger partial charge in [-0.1, -0.05) is 13.8 Å². The van der Waals surface area contributed by atoms with E-state index in [1.165, 1.54) is 0 Å². The van der Waals surface area contributed by atoms with Gasteiger partial charge in [-0.15, -0.1) is 0 Å². The Morgan fingerprint density at radius 2 is 1.70 bits per heavy atom. The zero-order valence-electron chi connectivity index (χ0n) is 14.2. The zero-order valence-corrected chi connectivity index (χ0v) is 14.2. The van der Waals surface area contributed by atoms with Gasteiger partial charge >= 0.3 is 0 Å². The van der Waals surface area contributed by atoms with E-state index in [4.69, 9.17) is 0 Å². The van der Waals surface area contributed by atoms with Gasteiger partial charge in [0, 0.05) is 51.6 Å². The van der Waals surface area contributed by atoms with E-state index < -0.39 is 0 Å². The maximum atomic E-state index is 12.6. The van der Waals surface area contributed by atoms with Crippen LogP contribution >= 0.6 is 0 Å². The van der Waals surface area contributed by atoms with Gasteiger partial charge in [-0.25, -0.2) is 0 Å². The predicted octanol–water partition coefficient (Wildman–Crippen LogP) is 0.714. The molecule has 3 amide bonds. The Morgan fingerprint density at radius 1 is 1.09 bits per heavy atom. The van der Waals surface area contributed by atoms with Crippen LogP contribution in [-0.4, -0.2) is 71.2 Å². The molecule has 0 aromatic heterocycles. The van der Waals surface area contributed by atoms with Crippen LogP contribution in [0.3, 0.4) is 0 Å². The second kappa shape index (κ2) is 6.49.